The third-order valence-electron chi connectivity index (χ3n) is 4.67. The fourth-order valence-corrected chi connectivity index (χ4v) is 3.96. The molecule has 5 nitrogen and oxygen atoms in total. The number of hydrogen-bond donors (Lipinski definition) is 1. The molecule has 0 aromatic carbocycles. The largest absolute Gasteiger partial charge is 0.330 e. The van der Waals surface area contributed by atoms with Crippen LogP contribution in [0.5, 0.6) is 0 Å². The van der Waals surface area contributed by atoms with Gasteiger partial charge in [0.15, 0.2) is 5.13 Å². The lowest BCUT2D eigenvalue weighted by Crippen LogP contribution is -2.45. The normalized spacial score (nSPS) is 15.3. The minimum atomic E-state index is -0.140. The van der Waals surface area contributed by atoms with E-state index in [-0.39, 0.29) is 24.4 Å². The molecule has 1 N–H and O–H groups in total. The maximum atomic E-state index is 12.6. The fourth-order valence-electron chi connectivity index (χ4n) is 3.12. The summed E-state index contributed by atoms with van der Waals surface area (Å²) < 4.78 is 0. The van der Waals surface area contributed by atoms with Gasteiger partial charge in [0.1, 0.15) is 6.54 Å². The predicted octanol–water partition coefficient (Wildman–Crippen LogP) is 4.05. The van der Waals surface area contributed by atoms with E-state index in [1.165, 1.54) is 17.8 Å². The summed E-state index contributed by atoms with van der Waals surface area (Å²) in [5.74, 6) is -0.0235. The van der Waals surface area contributed by atoms with Gasteiger partial charge in [0.25, 0.3) is 0 Å². The summed E-state index contributed by atoms with van der Waals surface area (Å²) >= 11 is 1.48. The zero-order valence-electron chi connectivity index (χ0n) is 15.1. The number of amides is 2. The summed E-state index contributed by atoms with van der Waals surface area (Å²) in [6.45, 7) is 6.15. The molecule has 1 saturated carbocycles. The molecule has 0 spiro atoms. The number of carbonyl (C=O) groups is 2. The first-order valence-corrected chi connectivity index (χ1v) is 9.86. The highest BCUT2D eigenvalue weighted by Gasteiger charge is 2.27. The molecule has 1 aliphatic rings. The molecule has 0 aliphatic heterocycles. The maximum Gasteiger partial charge on any atom is 0.245 e. The third-order valence-corrected chi connectivity index (χ3v) is 5.66. The Hall–Kier alpha value is -1.43. The zero-order chi connectivity index (χ0) is 17.5. The smallest absolute Gasteiger partial charge is 0.245 e. The molecule has 6 heteroatoms. The maximum absolute atomic E-state index is 12.6. The summed E-state index contributed by atoms with van der Waals surface area (Å²) in [5.41, 5.74) is 0.943. The second kappa shape index (κ2) is 9.16. The number of aromatic nitrogens is 1. The molecule has 0 atom stereocenters. The van der Waals surface area contributed by atoms with Crippen LogP contribution in [0.4, 0.5) is 5.13 Å². The molecule has 1 aromatic heterocycles. The molecule has 1 fully saturated rings. The molecule has 24 heavy (non-hydrogen) atoms. The average molecular weight is 352 g/mol. The number of anilines is 1. The molecule has 134 valence electrons. The van der Waals surface area contributed by atoms with E-state index in [9.17, 15) is 9.59 Å². The van der Waals surface area contributed by atoms with Crippen molar-refractivity contribution in [3.8, 4) is 0 Å². The molecule has 1 heterocycles. The highest BCUT2D eigenvalue weighted by atomic mass is 32.1. The van der Waals surface area contributed by atoms with E-state index in [4.69, 9.17) is 0 Å². The molecule has 1 aliphatic carbocycles. The monoisotopic (exact) mass is 351 g/mol. The van der Waals surface area contributed by atoms with Gasteiger partial charge in [-0.25, -0.2) is 4.98 Å². The summed E-state index contributed by atoms with van der Waals surface area (Å²) in [7, 11) is 0. The van der Waals surface area contributed by atoms with Crippen molar-refractivity contribution in [2.75, 3.05) is 11.9 Å². The van der Waals surface area contributed by atoms with E-state index in [1.807, 2.05) is 18.7 Å². The van der Waals surface area contributed by atoms with Gasteiger partial charge in [0.2, 0.25) is 11.8 Å². The van der Waals surface area contributed by atoms with Crippen LogP contribution in [0.2, 0.25) is 0 Å². The highest BCUT2D eigenvalue weighted by Crippen LogP contribution is 2.24. The van der Waals surface area contributed by atoms with Crippen molar-refractivity contribution in [1.29, 1.82) is 0 Å². The van der Waals surface area contributed by atoms with Gasteiger partial charge in [0.05, 0.1) is 5.69 Å². The molecule has 2 amide bonds. The zero-order valence-corrected chi connectivity index (χ0v) is 15.9. The second-order valence-corrected chi connectivity index (χ2v) is 7.83. The van der Waals surface area contributed by atoms with Crippen molar-refractivity contribution in [2.45, 2.75) is 78.2 Å². The summed E-state index contributed by atoms with van der Waals surface area (Å²) in [6, 6.07) is 0.216. The van der Waals surface area contributed by atoms with Crippen molar-refractivity contribution in [1.82, 2.24) is 9.88 Å². The summed E-state index contributed by atoms with van der Waals surface area (Å²) in [5, 5.41) is 3.48. The molecular formula is C18H29N3O2S. The Labute approximate surface area is 148 Å². The van der Waals surface area contributed by atoms with E-state index < -0.39 is 0 Å². The first-order valence-electron chi connectivity index (χ1n) is 9.04. The SMILES string of the molecule is CCCCC(=O)N(CC(=O)Nc1nc(C)c(C)s1)C1CCCCC1. The molecule has 0 bridgehead atoms. The Balaban J connectivity index is 1.99. The minimum Gasteiger partial charge on any atom is -0.330 e. The first kappa shape index (κ1) is 18.9. The van der Waals surface area contributed by atoms with Gasteiger partial charge in [-0.1, -0.05) is 32.6 Å². The van der Waals surface area contributed by atoms with Crippen molar-refractivity contribution in [3.63, 3.8) is 0 Å². The minimum absolute atomic E-state index is 0.116. The number of nitrogens with zero attached hydrogens (tertiary/aromatic N) is 2. The van der Waals surface area contributed by atoms with Gasteiger partial charge in [-0.05, 0) is 33.1 Å². The van der Waals surface area contributed by atoms with Gasteiger partial charge in [-0.3, -0.25) is 9.59 Å². The number of carbonyl (C=O) groups excluding carboxylic acids is 2. The number of aryl methyl sites for hydroxylation is 2. The van der Waals surface area contributed by atoms with Crippen LogP contribution in [0.1, 0.15) is 68.9 Å². The van der Waals surface area contributed by atoms with Gasteiger partial charge >= 0.3 is 0 Å². The van der Waals surface area contributed by atoms with E-state index in [2.05, 4.69) is 17.2 Å². The van der Waals surface area contributed by atoms with Gasteiger partial charge in [0, 0.05) is 17.3 Å². The summed E-state index contributed by atoms with van der Waals surface area (Å²) in [6.07, 6.45) is 7.97. The third kappa shape index (κ3) is 5.30. The van der Waals surface area contributed by atoms with Crippen LogP contribution in [0, 0.1) is 13.8 Å². The lowest BCUT2D eigenvalue weighted by molar-refractivity contribution is -0.137. The van der Waals surface area contributed by atoms with E-state index >= 15 is 0 Å². The van der Waals surface area contributed by atoms with E-state index in [0.29, 0.717) is 11.6 Å². The Bertz CT molecular complexity index is 545. The second-order valence-electron chi connectivity index (χ2n) is 6.63. The Morgan fingerprint density at radius 3 is 2.54 bits per heavy atom. The molecule has 0 saturated heterocycles. The van der Waals surface area contributed by atoms with Crippen LogP contribution < -0.4 is 5.32 Å². The van der Waals surface area contributed by atoms with Crippen LogP contribution in [0.25, 0.3) is 0 Å². The quantitative estimate of drug-likeness (QED) is 0.806. The molecule has 1 aromatic rings. The molecule has 2 rings (SSSR count). The number of nitrogens with one attached hydrogen (secondary N) is 1. The lowest BCUT2D eigenvalue weighted by Gasteiger charge is -2.34. The van der Waals surface area contributed by atoms with Gasteiger partial charge < -0.3 is 10.2 Å². The van der Waals surface area contributed by atoms with Crippen molar-refractivity contribution < 1.29 is 9.59 Å². The standard InChI is InChI=1S/C18H29N3O2S/c1-4-5-11-17(23)21(15-9-7-6-8-10-15)12-16(22)20-18-19-13(2)14(3)24-18/h15H,4-12H2,1-3H3,(H,19,20,22). The van der Waals surface area contributed by atoms with Crippen molar-refractivity contribution in [2.24, 2.45) is 0 Å². The number of hydrogen-bond acceptors (Lipinski definition) is 4. The lowest BCUT2D eigenvalue weighted by atomic mass is 9.93. The highest BCUT2D eigenvalue weighted by molar-refractivity contribution is 7.15. The predicted molar refractivity (Wildman–Crippen MR) is 98.3 cm³/mol. The van der Waals surface area contributed by atoms with Crippen LogP contribution in [0.15, 0.2) is 0 Å². The first-order chi connectivity index (χ1) is 11.5. The van der Waals surface area contributed by atoms with Crippen molar-refractivity contribution in [3.05, 3.63) is 10.6 Å². The van der Waals surface area contributed by atoms with E-state index in [1.54, 1.807) is 0 Å². The Morgan fingerprint density at radius 1 is 1.25 bits per heavy atom. The topological polar surface area (TPSA) is 62.3 Å². The fraction of sp³-hybridized carbons (Fsp3) is 0.722. The molecule has 0 radical (unpaired) electrons. The van der Waals surface area contributed by atoms with Crippen LogP contribution in [0.3, 0.4) is 0 Å². The number of unbranched alkanes of at least 4 members (excludes halogenated alkanes) is 1. The van der Waals surface area contributed by atoms with Crippen molar-refractivity contribution >= 4 is 28.3 Å². The number of rotatable bonds is 7. The van der Waals surface area contributed by atoms with Crippen LogP contribution in [-0.2, 0) is 9.59 Å². The summed E-state index contributed by atoms with van der Waals surface area (Å²) in [4.78, 5) is 32.3. The van der Waals surface area contributed by atoms with Crippen LogP contribution >= 0.6 is 11.3 Å². The average Bonchev–Trinajstić information content (AvgIpc) is 2.88. The van der Waals surface area contributed by atoms with Gasteiger partial charge in [-0.15, -0.1) is 11.3 Å². The van der Waals surface area contributed by atoms with Gasteiger partial charge in [-0.2, -0.15) is 0 Å². The molecular weight excluding hydrogens is 322 g/mol. The number of thiazole rings is 1. The Kier molecular flexibility index (Phi) is 7.21. The Morgan fingerprint density at radius 2 is 1.96 bits per heavy atom. The molecule has 0 unspecified atom stereocenters. The van der Waals surface area contributed by atoms with E-state index in [0.717, 1.165) is 49.1 Å². The van der Waals surface area contributed by atoms with Crippen LogP contribution in [-0.4, -0.2) is 34.3 Å².